The Morgan fingerprint density at radius 2 is 1.86 bits per heavy atom. The summed E-state index contributed by atoms with van der Waals surface area (Å²) in [6, 6.07) is 15.8. The molecule has 4 rings (SSSR count). The van der Waals surface area contributed by atoms with Gasteiger partial charge in [-0.05, 0) is 68.0 Å². The summed E-state index contributed by atoms with van der Waals surface area (Å²) in [6.45, 7) is 5.94. The van der Waals surface area contributed by atoms with Crippen molar-refractivity contribution in [2.75, 3.05) is 43.6 Å². The van der Waals surface area contributed by atoms with E-state index in [0.29, 0.717) is 54.7 Å². The average molecular weight is 502 g/mol. The summed E-state index contributed by atoms with van der Waals surface area (Å²) in [5.41, 5.74) is 3.89. The maximum absolute atomic E-state index is 12.8. The lowest BCUT2D eigenvalue weighted by Gasteiger charge is -2.28. The molecule has 1 aliphatic heterocycles. The van der Waals surface area contributed by atoms with E-state index < -0.39 is 5.91 Å². The molecule has 1 amide bonds. The molecule has 1 saturated heterocycles. The van der Waals surface area contributed by atoms with Crippen molar-refractivity contribution in [3.8, 4) is 17.5 Å². The highest BCUT2D eigenvalue weighted by molar-refractivity contribution is 6.09. The van der Waals surface area contributed by atoms with Gasteiger partial charge in [-0.3, -0.25) is 14.9 Å². The smallest absolute Gasteiger partial charge is 0.294 e. The first-order valence-electron chi connectivity index (χ1n) is 11.7. The van der Waals surface area contributed by atoms with Crippen LogP contribution in [-0.4, -0.2) is 48.8 Å². The molecule has 0 radical (unpaired) electrons. The van der Waals surface area contributed by atoms with E-state index in [0.717, 1.165) is 11.4 Å². The van der Waals surface area contributed by atoms with Crippen molar-refractivity contribution >= 4 is 29.0 Å². The maximum Gasteiger partial charge on any atom is 0.294 e. The summed E-state index contributed by atoms with van der Waals surface area (Å²) >= 11 is 0. The number of amides is 1. The Hall–Kier alpha value is -4.62. The van der Waals surface area contributed by atoms with Crippen LogP contribution in [0.3, 0.4) is 0 Å². The van der Waals surface area contributed by atoms with Gasteiger partial charge in [0.2, 0.25) is 0 Å². The van der Waals surface area contributed by atoms with Crippen LogP contribution in [0.2, 0.25) is 0 Å². The fourth-order valence-corrected chi connectivity index (χ4v) is 4.38. The lowest BCUT2D eigenvalue weighted by atomic mass is 10.1. The SMILES string of the molecule is COc1ccc(NC(=O)/C(C#N)=C/c2cc(C)n(-c3ccc(N4CCOCC4)c([N+](=O)[O-])c3)c2C)cc1. The zero-order valence-corrected chi connectivity index (χ0v) is 20.9. The lowest BCUT2D eigenvalue weighted by Crippen LogP contribution is -2.36. The van der Waals surface area contributed by atoms with Gasteiger partial charge in [-0.25, -0.2) is 0 Å². The molecule has 3 aromatic rings. The topological polar surface area (TPSA) is 123 Å². The Morgan fingerprint density at radius 1 is 1.16 bits per heavy atom. The highest BCUT2D eigenvalue weighted by Gasteiger charge is 2.23. The average Bonchev–Trinajstić information content (AvgIpc) is 3.19. The molecule has 0 unspecified atom stereocenters. The van der Waals surface area contributed by atoms with E-state index >= 15 is 0 Å². The molecule has 37 heavy (non-hydrogen) atoms. The van der Waals surface area contributed by atoms with Crippen LogP contribution in [-0.2, 0) is 9.53 Å². The number of nitro benzene ring substituents is 1. The number of ether oxygens (including phenoxy) is 2. The molecule has 0 aliphatic carbocycles. The van der Waals surface area contributed by atoms with Crippen molar-refractivity contribution < 1.29 is 19.2 Å². The van der Waals surface area contributed by atoms with Crippen molar-refractivity contribution in [3.05, 3.63) is 81.2 Å². The van der Waals surface area contributed by atoms with Crippen molar-refractivity contribution in [1.29, 1.82) is 5.26 Å². The fraction of sp³-hybridized carbons (Fsp3) is 0.259. The van der Waals surface area contributed by atoms with E-state index in [4.69, 9.17) is 9.47 Å². The first-order valence-corrected chi connectivity index (χ1v) is 11.7. The van der Waals surface area contributed by atoms with E-state index in [1.807, 2.05) is 41.5 Å². The van der Waals surface area contributed by atoms with Gasteiger partial charge in [0.1, 0.15) is 23.1 Å². The molecule has 0 atom stereocenters. The Kier molecular flexibility index (Phi) is 7.55. The van der Waals surface area contributed by atoms with Gasteiger partial charge in [-0.2, -0.15) is 5.26 Å². The number of carbonyl (C=O) groups excluding carboxylic acids is 1. The predicted octanol–water partition coefficient (Wildman–Crippen LogP) is 4.39. The second kappa shape index (κ2) is 11.0. The molecule has 10 heteroatoms. The van der Waals surface area contributed by atoms with Crippen LogP contribution < -0.4 is 15.0 Å². The van der Waals surface area contributed by atoms with E-state index in [-0.39, 0.29) is 16.2 Å². The minimum absolute atomic E-state index is 0.0144. The van der Waals surface area contributed by atoms with Crippen LogP contribution in [0.15, 0.2) is 54.1 Å². The maximum atomic E-state index is 12.8. The van der Waals surface area contributed by atoms with E-state index in [1.165, 1.54) is 6.08 Å². The standard InChI is InChI=1S/C27H27N5O5/c1-18-14-20(15-21(17-28)27(33)29-22-4-7-24(36-3)8-5-22)19(2)31(18)23-6-9-25(26(16-23)32(34)35)30-10-12-37-13-11-30/h4-9,14-16H,10-13H2,1-3H3,(H,29,33)/b21-15+. The minimum atomic E-state index is -0.539. The number of morpholine rings is 1. The quantitative estimate of drug-likeness (QED) is 0.220. The molecule has 190 valence electrons. The number of rotatable bonds is 7. The number of carbonyl (C=O) groups is 1. The van der Waals surface area contributed by atoms with Crippen LogP contribution in [0.1, 0.15) is 17.0 Å². The van der Waals surface area contributed by atoms with Gasteiger partial charge < -0.3 is 24.3 Å². The monoisotopic (exact) mass is 501 g/mol. The normalized spacial score (nSPS) is 13.7. The van der Waals surface area contributed by atoms with Gasteiger partial charge in [0.25, 0.3) is 11.6 Å². The van der Waals surface area contributed by atoms with Crippen molar-refractivity contribution in [1.82, 2.24) is 4.57 Å². The van der Waals surface area contributed by atoms with Crippen LogP contribution in [0.4, 0.5) is 17.1 Å². The molecule has 1 aromatic heterocycles. The fourth-order valence-electron chi connectivity index (χ4n) is 4.38. The molecular formula is C27H27N5O5. The number of nitrogens with zero attached hydrogens (tertiary/aromatic N) is 4. The molecular weight excluding hydrogens is 474 g/mol. The van der Waals surface area contributed by atoms with Crippen molar-refractivity contribution in [2.45, 2.75) is 13.8 Å². The molecule has 10 nitrogen and oxygen atoms in total. The van der Waals surface area contributed by atoms with Crippen LogP contribution in [0, 0.1) is 35.3 Å². The number of aromatic nitrogens is 1. The summed E-state index contributed by atoms with van der Waals surface area (Å²) in [4.78, 5) is 26.2. The zero-order valence-electron chi connectivity index (χ0n) is 20.9. The Morgan fingerprint density at radius 3 is 2.49 bits per heavy atom. The molecule has 0 saturated carbocycles. The number of methoxy groups -OCH3 is 1. The summed E-state index contributed by atoms with van der Waals surface area (Å²) in [5.74, 6) is 0.114. The van der Waals surface area contributed by atoms with Gasteiger partial charge in [0, 0.05) is 36.2 Å². The lowest BCUT2D eigenvalue weighted by molar-refractivity contribution is -0.384. The largest absolute Gasteiger partial charge is 0.497 e. The molecule has 1 N–H and O–H groups in total. The van der Waals surface area contributed by atoms with Crippen LogP contribution in [0.5, 0.6) is 5.75 Å². The number of benzene rings is 2. The number of hydrogen-bond donors (Lipinski definition) is 1. The number of anilines is 2. The minimum Gasteiger partial charge on any atom is -0.497 e. The number of nitriles is 1. The Bertz CT molecular complexity index is 1400. The second-order valence-electron chi connectivity index (χ2n) is 8.54. The summed E-state index contributed by atoms with van der Waals surface area (Å²) in [7, 11) is 1.55. The van der Waals surface area contributed by atoms with Gasteiger partial charge in [0.15, 0.2) is 0 Å². The Balaban J connectivity index is 1.64. The third-order valence-electron chi connectivity index (χ3n) is 6.25. The second-order valence-corrected chi connectivity index (χ2v) is 8.54. The summed E-state index contributed by atoms with van der Waals surface area (Å²) < 4.78 is 12.4. The van der Waals surface area contributed by atoms with E-state index in [9.17, 15) is 20.2 Å². The third-order valence-corrected chi connectivity index (χ3v) is 6.25. The highest BCUT2D eigenvalue weighted by Crippen LogP contribution is 2.33. The first kappa shape index (κ1) is 25.5. The van der Waals surface area contributed by atoms with Gasteiger partial charge in [0.05, 0.1) is 30.9 Å². The molecule has 0 bridgehead atoms. The molecule has 1 aliphatic rings. The van der Waals surface area contributed by atoms with Gasteiger partial charge >= 0.3 is 0 Å². The van der Waals surface area contributed by atoms with Gasteiger partial charge in [-0.1, -0.05) is 0 Å². The number of hydrogen-bond acceptors (Lipinski definition) is 7. The molecule has 2 heterocycles. The number of nitro groups is 1. The molecule has 0 spiro atoms. The van der Waals surface area contributed by atoms with Crippen molar-refractivity contribution in [2.24, 2.45) is 0 Å². The molecule has 1 fully saturated rings. The summed E-state index contributed by atoms with van der Waals surface area (Å²) in [5, 5.41) is 24.3. The first-order chi connectivity index (χ1) is 17.8. The van der Waals surface area contributed by atoms with Crippen LogP contribution in [0.25, 0.3) is 11.8 Å². The van der Waals surface area contributed by atoms with E-state index in [2.05, 4.69) is 5.32 Å². The van der Waals surface area contributed by atoms with E-state index in [1.54, 1.807) is 43.5 Å². The highest BCUT2D eigenvalue weighted by atomic mass is 16.6. The Labute approximate surface area is 214 Å². The predicted molar refractivity (Wildman–Crippen MR) is 140 cm³/mol. The molecule has 2 aromatic carbocycles. The van der Waals surface area contributed by atoms with Gasteiger partial charge in [-0.15, -0.1) is 0 Å². The number of aryl methyl sites for hydroxylation is 1. The van der Waals surface area contributed by atoms with Crippen molar-refractivity contribution in [3.63, 3.8) is 0 Å². The van der Waals surface area contributed by atoms with Crippen LogP contribution >= 0.6 is 0 Å². The summed E-state index contributed by atoms with van der Waals surface area (Å²) in [6.07, 6.45) is 1.52. The third kappa shape index (κ3) is 5.47. The zero-order chi connectivity index (χ0) is 26.5. The number of nitrogens with one attached hydrogen (secondary N) is 1.